The largest absolute Gasteiger partial charge is 0.392 e. The van der Waals surface area contributed by atoms with E-state index in [2.05, 4.69) is 23.6 Å². The summed E-state index contributed by atoms with van der Waals surface area (Å²) in [6, 6.07) is 24.1. The predicted molar refractivity (Wildman–Crippen MR) is 179 cm³/mol. The predicted octanol–water partition coefficient (Wildman–Crippen LogP) is 6.69. The van der Waals surface area contributed by atoms with Crippen molar-refractivity contribution >= 4 is 45.1 Å². The average molecular weight is 648 g/mol. The molecule has 10 heteroatoms. The van der Waals surface area contributed by atoms with Gasteiger partial charge in [-0.25, -0.2) is 4.98 Å². The minimum absolute atomic E-state index is 0.00125. The topological polar surface area (TPSA) is 110 Å². The van der Waals surface area contributed by atoms with Gasteiger partial charge in [0.25, 0.3) is 0 Å². The molecule has 0 unspecified atom stereocenters. The third-order valence-electron chi connectivity index (χ3n) is 7.96. The zero-order chi connectivity index (χ0) is 31.6. The maximum atomic E-state index is 12.3. The summed E-state index contributed by atoms with van der Waals surface area (Å²) in [5.41, 5.74) is 4.85. The van der Waals surface area contributed by atoms with E-state index in [0.29, 0.717) is 19.5 Å². The Bertz CT molecular complexity index is 1510. The molecule has 3 N–H and O–H groups in total. The number of para-hydroxylation sites is 1. The molecule has 238 valence electrons. The first-order chi connectivity index (χ1) is 21.9. The van der Waals surface area contributed by atoms with Gasteiger partial charge in [-0.15, -0.1) is 11.3 Å². The highest BCUT2D eigenvalue weighted by Crippen LogP contribution is 2.43. The second-order valence-corrected chi connectivity index (χ2v) is 13.7. The lowest BCUT2D eigenvalue weighted by Crippen LogP contribution is -2.38. The molecule has 1 fully saturated rings. The van der Waals surface area contributed by atoms with Gasteiger partial charge in [0.1, 0.15) is 0 Å². The molecule has 4 aromatic rings. The second kappa shape index (κ2) is 16.3. The molecule has 4 atom stereocenters. The van der Waals surface area contributed by atoms with E-state index in [9.17, 15) is 14.7 Å². The van der Waals surface area contributed by atoms with Gasteiger partial charge in [0, 0.05) is 43.7 Å². The van der Waals surface area contributed by atoms with Gasteiger partial charge in [-0.1, -0.05) is 85.8 Å². The van der Waals surface area contributed by atoms with E-state index in [4.69, 9.17) is 14.5 Å². The quantitative estimate of drug-likeness (QED) is 0.103. The number of ether oxygens (including phenoxy) is 2. The van der Waals surface area contributed by atoms with Crippen LogP contribution in [0.1, 0.15) is 74.2 Å². The zero-order valence-corrected chi connectivity index (χ0v) is 27.4. The fraction of sp³-hybridized carbons (Fsp3) is 0.400. The average Bonchev–Trinajstić information content (AvgIpc) is 3.48. The SMILES string of the molecule is CC(=O)NCCCCCC(=O)NCc1ccc([C@H]2O[C@@H](CSc3nc4ccccc4s3)[C@@H](C)[C@@H](c3ccc(CO)cc3)O2)cc1. The summed E-state index contributed by atoms with van der Waals surface area (Å²) in [5.74, 6) is 0.824. The Kier molecular flexibility index (Phi) is 12.0. The molecule has 0 bridgehead atoms. The fourth-order valence-corrected chi connectivity index (χ4v) is 7.57. The number of aromatic nitrogens is 1. The third kappa shape index (κ3) is 9.37. The van der Waals surface area contributed by atoms with Crippen LogP contribution in [0.5, 0.6) is 0 Å². The lowest BCUT2D eigenvalue weighted by atomic mass is 9.91. The minimum Gasteiger partial charge on any atom is -0.392 e. The smallest absolute Gasteiger partial charge is 0.220 e. The fourth-order valence-electron chi connectivity index (χ4n) is 5.31. The maximum Gasteiger partial charge on any atom is 0.220 e. The van der Waals surface area contributed by atoms with Crippen LogP contribution in [0.4, 0.5) is 0 Å². The molecule has 3 aromatic carbocycles. The van der Waals surface area contributed by atoms with Crippen molar-refractivity contribution in [1.29, 1.82) is 0 Å². The molecule has 1 aliphatic rings. The zero-order valence-electron chi connectivity index (χ0n) is 25.7. The summed E-state index contributed by atoms with van der Waals surface area (Å²) in [6.07, 6.45) is 2.21. The third-order valence-corrected chi connectivity index (χ3v) is 10.2. The number of benzene rings is 3. The summed E-state index contributed by atoms with van der Waals surface area (Å²) in [5, 5.41) is 15.3. The van der Waals surface area contributed by atoms with E-state index in [-0.39, 0.29) is 36.5 Å². The molecule has 1 saturated heterocycles. The summed E-state index contributed by atoms with van der Waals surface area (Å²) < 4.78 is 15.4. The van der Waals surface area contributed by atoms with Crippen LogP contribution >= 0.6 is 23.1 Å². The molecular weight excluding hydrogens is 607 g/mol. The van der Waals surface area contributed by atoms with Crippen LogP contribution < -0.4 is 10.6 Å². The number of hydrogen-bond acceptors (Lipinski definition) is 8. The van der Waals surface area contributed by atoms with Crippen LogP contribution in [-0.4, -0.2) is 40.3 Å². The van der Waals surface area contributed by atoms with Crippen molar-refractivity contribution in [1.82, 2.24) is 15.6 Å². The van der Waals surface area contributed by atoms with Crippen LogP contribution in [0.15, 0.2) is 77.1 Å². The Morgan fingerprint density at radius 3 is 2.38 bits per heavy atom. The monoisotopic (exact) mass is 647 g/mol. The number of rotatable bonds is 14. The minimum atomic E-state index is -0.550. The van der Waals surface area contributed by atoms with Gasteiger partial charge in [0.15, 0.2) is 10.6 Å². The van der Waals surface area contributed by atoms with Crippen molar-refractivity contribution in [3.63, 3.8) is 0 Å². The number of hydrogen-bond donors (Lipinski definition) is 3. The number of thiazole rings is 1. The highest BCUT2D eigenvalue weighted by molar-refractivity contribution is 8.01. The summed E-state index contributed by atoms with van der Waals surface area (Å²) in [6.45, 7) is 4.78. The Morgan fingerprint density at radius 1 is 0.911 bits per heavy atom. The lowest BCUT2D eigenvalue weighted by molar-refractivity contribution is -0.268. The molecule has 2 heterocycles. The summed E-state index contributed by atoms with van der Waals surface area (Å²) in [4.78, 5) is 28.1. The first-order valence-corrected chi connectivity index (χ1v) is 17.3. The molecule has 5 rings (SSSR count). The van der Waals surface area contributed by atoms with E-state index < -0.39 is 6.29 Å². The molecule has 1 aliphatic heterocycles. The molecule has 0 radical (unpaired) electrons. The van der Waals surface area contributed by atoms with Gasteiger partial charge in [-0.2, -0.15) is 0 Å². The standard InChI is InChI=1S/C35H41N3O5S2/c1-23-30(22-44-35-38-29-8-5-6-9-31(29)45-35)42-34(43-33(23)27-15-13-26(21-39)14-16-27)28-17-11-25(12-18-28)20-37-32(41)10-4-3-7-19-36-24(2)40/h5-6,8-9,11-18,23,30,33-34,39H,3-4,7,10,19-22H2,1-2H3,(H,36,40)(H,37,41)/t23-,30+,33+,34+/m1/s1. The Morgan fingerprint density at radius 2 is 1.64 bits per heavy atom. The van der Waals surface area contributed by atoms with E-state index >= 15 is 0 Å². The normalized spacial score (nSPS) is 19.8. The van der Waals surface area contributed by atoms with Gasteiger partial charge in [-0.3, -0.25) is 9.59 Å². The number of thioether (sulfide) groups is 1. The number of carbonyl (C=O) groups is 2. The molecule has 2 amide bonds. The van der Waals surface area contributed by atoms with Crippen LogP contribution in [0.2, 0.25) is 0 Å². The van der Waals surface area contributed by atoms with Crippen molar-refractivity contribution in [3.8, 4) is 0 Å². The van der Waals surface area contributed by atoms with Gasteiger partial charge in [0.05, 0.1) is 29.0 Å². The number of unbranched alkanes of at least 4 members (excludes halogenated alkanes) is 2. The highest BCUT2D eigenvalue weighted by atomic mass is 32.2. The summed E-state index contributed by atoms with van der Waals surface area (Å²) in [7, 11) is 0. The van der Waals surface area contributed by atoms with E-state index in [1.54, 1.807) is 23.1 Å². The molecule has 0 aliphatic carbocycles. The second-order valence-electron chi connectivity index (χ2n) is 11.4. The van der Waals surface area contributed by atoms with Crippen LogP contribution in [0.25, 0.3) is 10.2 Å². The van der Waals surface area contributed by atoms with Crippen LogP contribution in [-0.2, 0) is 32.2 Å². The lowest BCUT2D eigenvalue weighted by Gasteiger charge is -2.41. The summed E-state index contributed by atoms with van der Waals surface area (Å²) >= 11 is 3.42. The number of nitrogens with zero attached hydrogens (tertiary/aromatic N) is 1. The molecule has 0 saturated carbocycles. The molecule has 0 spiro atoms. The van der Waals surface area contributed by atoms with Crippen molar-refractivity contribution < 1.29 is 24.2 Å². The molecule has 45 heavy (non-hydrogen) atoms. The number of aliphatic hydroxyl groups excluding tert-OH is 1. The number of fused-ring (bicyclic) bond motifs is 1. The van der Waals surface area contributed by atoms with Gasteiger partial charge in [0.2, 0.25) is 11.8 Å². The van der Waals surface area contributed by atoms with Crippen molar-refractivity contribution in [2.75, 3.05) is 12.3 Å². The molecular formula is C35H41N3O5S2. The Labute approximate surface area is 272 Å². The van der Waals surface area contributed by atoms with E-state index in [1.165, 1.54) is 11.6 Å². The van der Waals surface area contributed by atoms with Crippen molar-refractivity contribution in [3.05, 3.63) is 95.1 Å². The first-order valence-electron chi connectivity index (χ1n) is 15.5. The van der Waals surface area contributed by atoms with Gasteiger partial charge < -0.3 is 25.2 Å². The van der Waals surface area contributed by atoms with Crippen molar-refractivity contribution in [2.45, 2.75) is 75.5 Å². The number of amides is 2. The van der Waals surface area contributed by atoms with Crippen LogP contribution in [0, 0.1) is 5.92 Å². The Hall–Kier alpha value is -3.28. The van der Waals surface area contributed by atoms with Gasteiger partial charge >= 0.3 is 0 Å². The molecule has 1 aromatic heterocycles. The van der Waals surface area contributed by atoms with E-state index in [1.807, 2.05) is 66.7 Å². The van der Waals surface area contributed by atoms with Crippen molar-refractivity contribution in [2.24, 2.45) is 5.92 Å². The number of aliphatic hydroxyl groups is 1. The Balaban J connectivity index is 1.20. The molecule has 8 nitrogen and oxygen atoms in total. The highest BCUT2D eigenvalue weighted by Gasteiger charge is 2.38. The van der Waals surface area contributed by atoms with E-state index in [0.717, 1.165) is 57.1 Å². The van der Waals surface area contributed by atoms with Crippen LogP contribution in [0.3, 0.4) is 0 Å². The maximum absolute atomic E-state index is 12.3. The van der Waals surface area contributed by atoms with Gasteiger partial charge in [-0.05, 0) is 41.7 Å². The number of nitrogens with one attached hydrogen (secondary N) is 2. The number of carbonyl (C=O) groups excluding carboxylic acids is 2. The first kappa shape index (κ1) is 33.1.